The van der Waals surface area contributed by atoms with Crippen molar-refractivity contribution >= 4 is 21.6 Å². The van der Waals surface area contributed by atoms with Crippen LogP contribution in [0.5, 0.6) is 5.75 Å². The summed E-state index contributed by atoms with van der Waals surface area (Å²) in [6.45, 7) is 2.87. The Bertz CT molecular complexity index is 682. The monoisotopic (exact) mass is 315 g/mol. The Morgan fingerprint density at radius 3 is 2.67 bits per heavy atom. The Hall–Kier alpha value is -2.34. The van der Waals surface area contributed by atoms with Crippen LogP contribution in [0.25, 0.3) is 0 Å². The molecule has 1 aromatic rings. The zero-order chi connectivity index (χ0) is 16.0. The average molecular weight is 315 g/mol. The number of benzene rings is 1. The molecule has 2 N–H and O–H groups in total. The molecule has 114 valence electrons. The lowest BCUT2D eigenvalue weighted by molar-refractivity contribution is -0.117. The van der Waals surface area contributed by atoms with Gasteiger partial charge in [-0.15, -0.1) is 0 Å². The summed E-state index contributed by atoms with van der Waals surface area (Å²) >= 11 is 0. The van der Waals surface area contributed by atoms with Gasteiger partial charge in [0.2, 0.25) is 5.91 Å². The Balaban J connectivity index is 3.34. The molecule has 1 aromatic carbocycles. The Morgan fingerprint density at radius 2 is 2.14 bits per heavy atom. The molecule has 0 aliphatic rings. The minimum absolute atomic E-state index is 0.00345. The molecule has 0 aromatic heterocycles. The van der Waals surface area contributed by atoms with E-state index in [1.54, 1.807) is 17.7 Å². The zero-order valence-electron chi connectivity index (χ0n) is 11.4. The van der Waals surface area contributed by atoms with Gasteiger partial charge >= 0.3 is 0 Å². The SMILES string of the molecule is CCNc1cc(F)c(S(=O)(=O)NC(C)=O)cc1OCC#N. The summed E-state index contributed by atoms with van der Waals surface area (Å²) in [6.07, 6.45) is 0. The molecule has 0 heterocycles. The smallest absolute Gasteiger partial charge is 0.267 e. The number of nitrogens with one attached hydrogen (secondary N) is 2. The van der Waals surface area contributed by atoms with Crippen LogP contribution < -0.4 is 14.8 Å². The molecule has 9 heteroatoms. The van der Waals surface area contributed by atoms with E-state index in [2.05, 4.69) is 5.32 Å². The third kappa shape index (κ3) is 4.32. The van der Waals surface area contributed by atoms with Crippen LogP contribution in [0.4, 0.5) is 10.1 Å². The van der Waals surface area contributed by atoms with Crippen LogP contribution in [0.1, 0.15) is 13.8 Å². The second kappa shape index (κ2) is 6.90. The molecule has 7 nitrogen and oxygen atoms in total. The third-order valence-corrected chi connectivity index (χ3v) is 3.71. The fraction of sp³-hybridized carbons (Fsp3) is 0.333. The molecular formula is C12H14FN3O4S. The highest BCUT2D eigenvalue weighted by Crippen LogP contribution is 2.30. The van der Waals surface area contributed by atoms with Crippen LogP contribution in [0.3, 0.4) is 0 Å². The normalized spacial score (nSPS) is 10.6. The van der Waals surface area contributed by atoms with Gasteiger partial charge in [0.05, 0.1) is 5.69 Å². The molecule has 0 atom stereocenters. The summed E-state index contributed by atoms with van der Waals surface area (Å²) in [5.74, 6) is -1.88. The molecule has 0 unspecified atom stereocenters. The van der Waals surface area contributed by atoms with E-state index in [9.17, 15) is 17.6 Å². The Kier molecular flexibility index (Phi) is 5.49. The maximum absolute atomic E-state index is 13.9. The summed E-state index contributed by atoms with van der Waals surface area (Å²) in [5, 5.41) is 11.3. The summed E-state index contributed by atoms with van der Waals surface area (Å²) in [6, 6.07) is 3.59. The first-order valence-corrected chi connectivity index (χ1v) is 7.40. The first-order valence-electron chi connectivity index (χ1n) is 5.92. The van der Waals surface area contributed by atoms with E-state index in [0.29, 0.717) is 6.54 Å². The van der Waals surface area contributed by atoms with Gasteiger partial charge in [-0.3, -0.25) is 4.79 Å². The van der Waals surface area contributed by atoms with E-state index in [1.165, 1.54) is 0 Å². The molecule has 0 aliphatic carbocycles. The van der Waals surface area contributed by atoms with Gasteiger partial charge in [0.1, 0.15) is 22.5 Å². The maximum atomic E-state index is 13.9. The van der Waals surface area contributed by atoms with E-state index in [-0.39, 0.29) is 18.0 Å². The lowest BCUT2D eigenvalue weighted by Gasteiger charge is -2.13. The van der Waals surface area contributed by atoms with Gasteiger partial charge < -0.3 is 10.1 Å². The van der Waals surface area contributed by atoms with E-state index in [0.717, 1.165) is 19.1 Å². The lowest BCUT2D eigenvalue weighted by atomic mass is 10.2. The van der Waals surface area contributed by atoms with Gasteiger partial charge in [-0.1, -0.05) is 0 Å². The van der Waals surface area contributed by atoms with E-state index < -0.39 is 26.6 Å². The van der Waals surface area contributed by atoms with Crippen molar-refractivity contribution in [3.63, 3.8) is 0 Å². The third-order valence-electron chi connectivity index (χ3n) is 2.26. The van der Waals surface area contributed by atoms with Gasteiger partial charge in [-0.25, -0.2) is 17.5 Å². The number of anilines is 1. The number of sulfonamides is 1. The molecule has 21 heavy (non-hydrogen) atoms. The summed E-state index contributed by atoms with van der Waals surface area (Å²) in [5.41, 5.74) is 0.215. The molecule has 1 amide bonds. The first-order chi connectivity index (χ1) is 9.81. The second-order valence-corrected chi connectivity index (χ2v) is 5.57. The number of carbonyl (C=O) groups excluding carboxylic acids is 1. The van der Waals surface area contributed by atoms with Gasteiger partial charge in [0.25, 0.3) is 10.0 Å². The molecular weight excluding hydrogens is 301 g/mol. The van der Waals surface area contributed by atoms with Crippen LogP contribution in [-0.4, -0.2) is 27.5 Å². The number of carbonyl (C=O) groups is 1. The van der Waals surface area contributed by atoms with Crippen LogP contribution >= 0.6 is 0 Å². The highest BCUT2D eigenvalue weighted by Gasteiger charge is 2.23. The molecule has 0 bridgehead atoms. The van der Waals surface area contributed by atoms with Crippen molar-refractivity contribution in [2.75, 3.05) is 18.5 Å². The maximum Gasteiger partial charge on any atom is 0.267 e. The number of halogens is 1. The Morgan fingerprint density at radius 1 is 1.48 bits per heavy atom. The highest BCUT2D eigenvalue weighted by molar-refractivity contribution is 7.90. The van der Waals surface area contributed by atoms with Crippen molar-refractivity contribution in [1.82, 2.24) is 4.72 Å². The molecule has 0 saturated carbocycles. The number of hydrogen-bond donors (Lipinski definition) is 2. The first kappa shape index (κ1) is 16.7. The number of amides is 1. The standard InChI is InChI=1S/C12H14FN3O4S/c1-3-15-10-6-9(13)12(7-11(10)20-5-4-14)21(18,19)16-8(2)17/h6-7,15H,3,5H2,1-2H3,(H,16,17). The van der Waals surface area contributed by atoms with Crippen molar-refractivity contribution in [2.45, 2.75) is 18.7 Å². The number of nitriles is 1. The predicted molar refractivity (Wildman–Crippen MR) is 72.7 cm³/mol. The number of hydrogen-bond acceptors (Lipinski definition) is 6. The summed E-state index contributed by atoms with van der Waals surface area (Å²) < 4.78 is 44.4. The molecule has 0 saturated heterocycles. The molecule has 0 radical (unpaired) electrons. The fourth-order valence-electron chi connectivity index (χ4n) is 1.54. The van der Waals surface area contributed by atoms with Gasteiger partial charge in [0.15, 0.2) is 6.61 Å². The van der Waals surface area contributed by atoms with Crippen molar-refractivity contribution < 1.29 is 22.3 Å². The zero-order valence-corrected chi connectivity index (χ0v) is 12.3. The van der Waals surface area contributed by atoms with Crippen LogP contribution in [0.15, 0.2) is 17.0 Å². The van der Waals surface area contributed by atoms with Crippen molar-refractivity contribution in [3.8, 4) is 11.8 Å². The van der Waals surface area contributed by atoms with Gasteiger partial charge in [-0.05, 0) is 6.92 Å². The molecule has 1 rings (SSSR count). The number of nitrogens with zero attached hydrogens (tertiary/aromatic N) is 1. The highest BCUT2D eigenvalue weighted by atomic mass is 32.2. The topological polar surface area (TPSA) is 108 Å². The van der Waals surface area contributed by atoms with E-state index in [1.807, 2.05) is 0 Å². The van der Waals surface area contributed by atoms with Crippen LogP contribution in [-0.2, 0) is 14.8 Å². The van der Waals surface area contributed by atoms with Crippen molar-refractivity contribution in [3.05, 3.63) is 17.9 Å². The van der Waals surface area contributed by atoms with Crippen molar-refractivity contribution in [1.29, 1.82) is 5.26 Å². The number of rotatable bonds is 6. The van der Waals surface area contributed by atoms with Crippen molar-refractivity contribution in [2.24, 2.45) is 0 Å². The second-order valence-electron chi connectivity index (χ2n) is 3.92. The number of ether oxygens (including phenoxy) is 1. The van der Waals surface area contributed by atoms with Gasteiger partial charge in [-0.2, -0.15) is 5.26 Å². The summed E-state index contributed by atoms with van der Waals surface area (Å²) in [7, 11) is -4.33. The minimum Gasteiger partial charge on any atom is -0.477 e. The fourth-order valence-corrected chi connectivity index (χ4v) is 2.61. The molecule has 0 aliphatic heterocycles. The predicted octanol–water partition coefficient (Wildman–Crippen LogP) is 0.985. The van der Waals surface area contributed by atoms with Gasteiger partial charge in [0, 0.05) is 25.6 Å². The molecule has 0 spiro atoms. The largest absolute Gasteiger partial charge is 0.477 e. The summed E-state index contributed by atoms with van der Waals surface area (Å²) in [4.78, 5) is 10.1. The quantitative estimate of drug-likeness (QED) is 0.810. The Labute approximate surface area is 121 Å². The minimum atomic E-state index is -4.33. The van der Waals surface area contributed by atoms with Crippen LogP contribution in [0.2, 0.25) is 0 Å². The lowest BCUT2D eigenvalue weighted by Crippen LogP contribution is -2.29. The van der Waals surface area contributed by atoms with E-state index >= 15 is 0 Å². The molecule has 0 fully saturated rings. The van der Waals surface area contributed by atoms with Crippen LogP contribution in [0, 0.1) is 17.1 Å². The average Bonchev–Trinajstić information content (AvgIpc) is 2.36. The van der Waals surface area contributed by atoms with E-state index in [4.69, 9.17) is 10.00 Å².